The summed E-state index contributed by atoms with van der Waals surface area (Å²) in [6.45, 7) is 3.35. The minimum atomic E-state index is -0.568. The second kappa shape index (κ2) is 6.95. The summed E-state index contributed by atoms with van der Waals surface area (Å²) in [5, 5.41) is 0. The van der Waals surface area contributed by atoms with Crippen molar-refractivity contribution in [2.24, 2.45) is 11.3 Å². The number of fused-ring (bicyclic) bond motifs is 2. The van der Waals surface area contributed by atoms with Gasteiger partial charge in [-0.1, -0.05) is 6.07 Å². The number of esters is 1. The molecule has 1 aliphatic heterocycles. The van der Waals surface area contributed by atoms with E-state index < -0.39 is 5.97 Å². The van der Waals surface area contributed by atoms with Gasteiger partial charge in [0.1, 0.15) is 11.3 Å². The van der Waals surface area contributed by atoms with E-state index in [1.54, 1.807) is 13.2 Å². The number of hydrogen-bond donors (Lipinski definition) is 1. The molecule has 2 fully saturated rings. The van der Waals surface area contributed by atoms with Gasteiger partial charge in [0.2, 0.25) is 0 Å². The maximum absolute atomic E-state index is 12.7. The summed E-state index contributed by atoms with van der Waals surface area (Å²) in [7, 11) is 3.05. The molecule has 32 heavy (non-hydrogen) atoms. The summed E-state index contributed by atoms with van der Waals surface area (Å²) < 4.78 is 10.5. The van der Waals surface area contributed by atoms with E-state index in [2.05, 4.69) is 28.1 Å². The summed E-state index contributed by atoms with van der Waals surface area (Å²) in [5.74, 6) is 1.19. The zero-order valence-corrected chi connectivity index (χ0v) is 18.8. The first-order valence-electron chi connectivity index (χ1n) is 11.7. The van der Waals surface area contributed by atoms with E-state index in [1.165, 1.54) is 37.6 Å². The average molecular weight is 435 g/mol. The van der Waals surface area contributed by atoms with E-state index in [9.17, 15) is 9.59 Å². The van der Waals surface area contributed by atoms with Gasteiger partial charge in [0.15, 0.2) is 0 Å². The van der Waals surface area contributed by atoms with Crippen molar-refractivity contribution in [3.63, 3.8) is 0 Å². The zero-order chi connectivity index (χ0) is 22.1. The average Bonchev–Trinajstić information content (AvgIpc) is 3.56. The first kappa shape index (κ1) is 20.0. The van der Waals surface area contributed by atoms with E-state index in [1.807, 2.05) is 0 Å². The van der Waals surface area contributed by atoms with Gasteiger partial charge in [-0.2, -0.15) is 0 Å². The number of nitrogens with zero attached hydrogens (tertiary/aromatic N) is 1. The highest BCUT2D eigenvalue weighted by Gasteiger charge is 2.61. The van der Waals surface area contributed by atoms with Gasteiger partial charge in [-0.15, -0.1) is 0 Å². The number of pyridine rings is 1. The lowest BCUT2D eigenvalue weighted by Gasteiger charge is -2.56. The summed E-state index contributed by atoms with van der Waals surface area (Å²) in [6, 6.07) is 8.34. The fourth-order valence-corrected chi connectivity index (χ4v) is 6.90. The molecule has 1 aromatic heterocycles. The number of methoxy groups -OCH3 is 2. The monoisotopic (exact) mass is 434 g/mol. The molecule has 1 saturated carbocycles. The van der Waals surface area contributed by atoms with Crippen LogP contribution >= 0.6 is 0 Å². The van der Waals surface area contributed by atoms with Gasteiger partial charge in [0.25, 0.3) is 5.56 Å². The predicted octanol–water partition coefficient (Wildman–Crippen LogP) is 2.86. The molecule has 0 bridgehead atoms. The standard InChI is InChI=1S/C26H30N2O4/c1-31-19-6-5-17-11-25-12-18-9-20(24(30)32-2)23(29)27-22(18)13-26(25,21(17)10-19)7-8-28(15-25)14-16-3-4-16/h5-6,9-10,16H,3-4,7-8,11-15H2,1-2H3,(H,27,29)/t25?,26-/m1/s1. The molecule has 2 aromatic rings. The molecule has 2 atom stereocenters. The van der Waals surface area contributed by atoms with Crippen molar-refractivity contribution in [3.05, 3.63) is 62.6 Å². The molecule has 0 amide bonds. The van der Waals surface area contributed by atoms with Crippen LogP contribution in [-0.2, 0) is 29.4 Å². The largest absolute Gasteiger partial charge is 0.497 e. The van der Waals surface area contributed by atoms with Crippen LogP contribution in [0, 0.1) is 11.3 Å². The molecule has 6 rings (SSSR count). The van der Waals surface area contributed by atoms with Gasteiger partial charge in [-0.05, 0) is 85.9 Å². The van der Waals surface area contributed by atoms with Gasteiger partial charge in [0.05, 0.1) is 14.2 Å². The van der Waals surface area contributed by atoms with Crippen molar-refractivity contribution in [2.75, 3.05) is 33.9 Å². The molecule has 6 heteroatoms. The summed E-state index contributed by atoms with van der Waals surface area (Å²) in [4.78, 5) is 30.6. The number of rotatable bonds is 4. The molecule has 1 N–H and O–H groups in total. The van der Waals surface area contributed by atoms with Gasteiger partial charge in [0, 0.05) is 29.6 Å². The van der Waals surface area contributed by atoms with Crippen LogP contribution < -0.4 is 10.3 Å². The SMILES string of the molecule is COC(=O)c1cc2c([nH]c1=O)C[C@@]13CCN(CC4CC4)CC1(Cc1ccc(OC)cc13)C2. The lowest BCUT2D eigenvalue weighted by Crippen LogP contribution is -2.60. The number of aromatic nitrogens is 1. The molecule has 168 valence electrons. The van der Waals surface area contributed by atoms with Gasteiger partial charge in [-0.25, -0.2) is 4.79 Å². The lowest BCUT2D eigenvalue weighted by atomic mass is 9.52. The molecular weight excluding hydrogens is 404 g/mol. The number of ether oxygens (including phenoxy) is 2. The van der Waals surface area contributed by atoms with Crippen LogP contribution in [0.15, 0.2) is 29.1 Å². The van der Waals surface area contributed by atoms with Crippen LogP contribution in [0.4, 0.5) is 0 Å². The lowest BCUT2D eigenvalue weighted by molar-refractivity contribution is 0.00110. The third-order valence-corrected chi connectivity index (χ3v) is 8.60. The topological polar surface area (TPSA) is 71.6 Å². The van der Waals surface area contributed by atoms with Crippen molar-refractivity contribution in [1.82, 2.24) is 9.88 Å². The van der Waals surface area contributed by atoms with Crippen LogP contribution in [-0.4, -0.2) is 49.7 Å². The van der Waals surface area contributed by atoms with Crippen molar-refractivity contribution in [1.29, 1.82) is 0 Å². The van der Waals surface area contributed by atoms with Gasteiger partial charge >= 0.3 is 5.97 Å². The molecule has 1 unspecified atom stereocenters. The number of nitrogens with one attached hydrogen (secondary N) is 1. The van der Waals surface area contributed by atoms with E-state index >= 15 is 0 Å². The quantitative estimate of drug-likeness (QED) is 0.750. The molecule has 2 heterocycles. The van der Waals surface area contributed by atoms with E-state index in [0.717, 1.165) is 61.7 Å². The number of benzene rings is 1. The summed E-state index contributed by atoms with van der Waals surface area (Å²) in [5.41, 5.74) is 4.67. The van der Waals surface area contributed by atoms with Crippen LogP contribution in [0.3, 0.4) is 0 Å². The molecular formula is C26H30N2O4. The number of H-pyrrole nitrogens is 1. The normalized spacial score (nSPS) is 28.3. The Bertz CT molecular complexity index is 1170. The summed E-state index contributed by atoms with van der Waals surface area (Å²) >= 11 is 0. The van der Waals surface area contributed by atoms with Crippen LogP contribution in [0.2, 0.25) is 0 Å². The molecule has 1 saturated heterocycles. The van der Waals surface area contributed by atoms with E-state index in [-0.39, 0.29) is 22.0 Å². The fourth-order valence-electron chi connectivity index (χ4n) is 6.90. The van der Waals surface area contributed by atoms with Gasteiger partial charge in [-0.3, -0.25) is 4.79 Å². The highest BCUT2D eigenvalue weighted by Crippen LogP contribution is 2.62. The van der Waals surface area contributed by atoms with Crippen molar-refractivity contribution in [2.45, 2.75) is 43.9 Å². The number of carbonyl (C=O) groups excluding carboxylic acids is 1. The van der Waals surface area contributed by atoms with E-state index in [0.29, 0.717) is 0 Å². The first-order valence-corrected chi connectivity index (χ1v) is 11.7. The maximum atomic E-state index is 12.7. The van der Waals surface area contributed by atoms with Crippen molar-refractivity contribution in [3.8, 4) is 5.75 Å². The third-order valence-electron chi connectivity index (χ3n) is 8.60. The fraction of sp³-hybridized carbons (Fsp3) is 0.538. The molecule has 0 radical (unpaired) electrons. The Kier molecular flexibility index (Phi) is 4.35. The molecule has 0 spiro atoms. The second-order valence-corrected chi connectivity index (χ2v) is 10.4. The van der Waals surface area contributed by atoms with Crippen molar-refractivity contribution >= 4 is 5.97 Å². The number of aromatic amines is 1. The summed E-state index contributed by atoms with van der Waals surface area (Å²) in [6.07, 6.45) is 6.49. The Balaban J connectivity index is 1.48. The number of piperidine rings is 1. The smallest absolute Gasteiger partial charge is 0.343 e. The Morgan fingerprint density at radius 2 is 1.97 bits per heavy atom. The Hall–Kier alpha value is -2.60. The number of hydrogen-bond acceptors (Lipinski definition) is 5. The molecule has 6 nitrogen and oxygen atoms in total. The third kappa shape index (κ3) is 2.81. The Morgan fingerprint density at radius 1 is 1.16 bits per heavy atom. The molecule has 4 aliphatic rings. The highest BCUT2D eigenvalue weighted by atomic mass is 16.5. The van der Waals surface area contributed by atoms with Crippen LogP contribution in [0.1, 0.15) is 52.0 Å². The first-order chi connectivity index (χ1) is 15.5. The number of likely N-dealkylation sites (tertiary alicyclic amines) is 1. The Morgan fingerprint density at radius 3 is 2.72 bits per heavy atom. The minimum Gasteiger partial charge on any atom is -0.497 e. The zero-order valence-electron chi connectivity index (χ0n) is 18.8. The van der Waals surface area contributed by atoms with Crippen molar-refractivity contribution < 1.29 is 14.3 Å². The van der Waals surface area contributed by atoms with Crippen LogP contribution in [0.25, 0.3) is 0 Å². The molecule has 3 aliphatic carbocycles. The maximum Gasteiger partial charge on any atom is 0.343 e. The molecule has 1 aromatic carbocycles. The van der Waals surface area contributed by atoms with E-state index in [4.69, 9.17) is 9.47 Å². The van der Waals surface area contributed by atoms with Gasteiger partial charge < -0.3 is 19.4 Å². The number of carbonyl (C=O) groups is 1. The second-order valence-electron chi connectivity index (χ2n) is 10.4. The minimum absolute atomic E-state index is 0.0142. The Labute approximate surface area is 187 Å². The van der Waals surface area contributed by atoms with Crippen LogP contribution in [0.5, 0.6) is 5.75 Å². The highest BCUT2D eigenvalue weighted by molar-refractivity contribution is 5.89. The predicted molar refractivity (Wildman–Crippen MR) is 120 cm³/mol.